The smallest absolute Gasteiger partial charge is 0.331 e. The third kappa shape index (κ3) is 4.38. The Balaban J connectivity index is 1.52. The number of rotatable bonds is 8. The molecule has 0 fully saturated rings. The van der Waals surface area contributed by atoms with Gasteiger partial charge in [-0.05, 0) is 36.2 Å². The van der Waals surface area contributed by atoms with Gasteiger partial charge < -0.3 is 14.0 Å². The van der Waals surface area contributed by atoms with E-state index in [0.29, 0.717) is 40.2 Å². The molecule has 5 aromatic rings. The second-order valence-corrected chi connectivity index (χ2v) is 8.16. The molecule has 182 valence electrons. The monoisotopic (exact) mass is 484 g/mol. The van der Waals surface area contributed by atoms with E-state index >= 15 is 0 Å². The second kappa shape index (κ2) is 9.91. The average molecular weight is 485 g/mol. The summed E-state index contributed by atoms with van der Waals surface area (Å²) >= 11 is 0. The van der Waals surface area contributed by atoms with Gasteiger partial charge in [0, 0.05) is 12.6 Å². The minimum atomic E-state index is -0.434. The highest BCUT2D eigenvalue weighted by atomic mass is 16.5. The number of ether oxygens (including phenoxy) is 2. The molecule has 0 spiro atoms. The van der Waals surface area contributed by atoms with E-state index in [1.807, 2.05) is 30.3 Å². The lowest BCUT2D eigenvalue weighted by molar-refractivity contribution is 0.368. The van der Waals surface area contributed by atoms with Gasteiger partial charge in [0.15, 0.2) is 0 Å². The maximum atomic E-state index is 13.5. The summed E-state index contributed by atoms with van der Waals surface area (Å²) < 4.78 is 18.9. The summed E-state index contributed by atoms with van der Waals surface area (Å²) in [5, 5.41) is 4.53. The summed E-state index contributed by atoms with van der Waals surface area (Å²) in [5.74, 6) is 1.71. The summed E-state index contributed by atoms with van der Waals surface area (Å²) in [6.07, 6.45) is 0.552. The number of fused-ring (bicyclic) bond motifs is 1. The summed E-state index contributed by atoms with van der Waals surface area (Å²) in [6.45, 7) is 0.265. The maximum absolute atomic E-state index is 13.5. The van der Waals surface area contributed by atoms with Crippen molar-refractivity contribution in [2.24, 2.45) is 0 Å². The summed E-state index contributed by atoms with van der Waals surface area (Å²) in [6, 6.07) is 22.0. The Labute approximate surface area is 206 Å². The van der Waals surface area contributed by atoms with Gasteiger partial charge in [-0.2, -0.15) is 4.98 Å². The van der Waals surface area contributed by atoms with Crippen LogP contribution in [-0.4, -0.2) is 33.5 Å². The van der Waals surface area contributed by atoms with Crippen molar-refractivity contribution in [3.63, 3.8) is 0 Å². The van der Waals surface area contributed by atoms with Crippen molar-refractivity contribution in [1.82, 2.24) is 19.3 Å². The number of para-hydroxylation sites is 1. The fourth-order valence-electron chi connectivity index (χ4n) is 4.15. The average Bonchev–Trinajstić information content (AvgIpc) is 3.39. The number of benzene rings is 3. The van der Waals surface area contributed by atoms with Gasteiger partial charge in [-0.3, -0.25) is 13.9 Å². The van der Waals surface area contributed by atoms with Gasteiger partial charge in [0.25, 0.3) is 5.56 Å². The quantitative estimate of drug-likeness (QED) is 0.332. The van der Waals surface area contributed by atoms with Crippen LogP contribution in [0.25, 0.3) is 22.3 Å². The minimum absolute atomic E-state index is 0.0104. The molecular weight excluding hydrogens is 460 g/mol. The van der Waals surface area contributed by atoms with Crippen LogP contribution in [0.2, 0.25) is 0 Å². The lowest BCUT2D eigenvalue weighted by atomic mass is 10.1. The van der Waals surface area contributed by atoms with E-state index in [9.17, 15) is 9.59 Å². The first-order valence-electron chi connectivity index (χ1n) is 11.4. The van der Waals surface area contributed by atoms with Gasteiger partial charge in [0.2, 0.25) is 11.7 Å². The van der Waals surface area contributed by atoms with Crippen LogP contribution >= 0.6 is 0 Å². The van der Waals surface area contributed by atoms with E-state index in [0.717, 1.165) is 5.56 Å². The molecule has 2 aromatic heterocycles. The molecule has 36 heavy (non-hydrogen) atoms. The maximum Gasteiger partial charge on any atom is 0.331 e. The van der Waals surface area contributed by atoms with Crippen molar-refractivity contribution in [2.45, 2.75) is 19.5 Å². The van der Waals surface area contributed by atoms with E-state index in [2.05, 4.69) is 10.1 Å². The molecule has 0 aliphatic heterocycles. The van der Waals surface area contributed by atoms with Crippen LogP contribution in [0.3, 0.4) is 0 Å². The van der Waals surface area contributed by atoms with Crippen LogP contribution in [-0.2, 0) is 19.5 Å². The van der Waals surface area contributed by atoms with Gasteiger partial charge in [0.1, 0.15) is 18.0 Å². The van der Waals surface area contributed by atoms with Crippen LogP contribution in [0.15, 0.2) is 86.9 Å². The van der Waals surface area contributed by atoms with E-state index < -0.39 is 5.69 Å². The van der Waals surface area contributed by atoms with Crippen LogP contribution in [0.5, 0.6) is 11.5 Å². The molecule has 0 radical (unpaired) electrons. The molecule has 2 heterocycles. The van der Waals surface area contributed by atoms with Crippen LogP contribution in [0.4, 0.5) is 0 Å². The van der Waals surface area contributed by atoms with Crippen molar-refractivity contribution in [3.05, 3.63) is 105 Å². The topological polar surface area (TPSA) is 101 Å². The van der Waals surface area contributed by atoms with Crippen molar-refractivity contribution >= 4 is 10.9 Å². The molecular formula is C27H24N4O5. The van der Waals surface area contributed by atoms with E-state index in [1.54, 1.807) is 56.7 Å². The molecule has 0 unspecified atom stereocenters. The molecule has 0 aliphatic rings. The Hall–Kier alpha value is -4.66. The first-order valence-corrected chi connectivity index (χ1v) is 11.4. The Morgan fingerprint density at radius 3 is 2.44 bits per heavy atom. The first-order chi connectivity index (χ1) is 17.6. The summed E-state index contributed by atoms with van der Waals surface area (Å²) in [4.78, 5) is 31.1. The van der Waals surface area contributed by atoms with Crippen LogP contribution < -0.4 is 20.7 Å². The third-order valence-electron chi connectivity index (χ3n) is 6.01. The lowest BCUT2D eigenvalue weighted by Crippen LogP contribution is -2.40. The van der Waals surface area contributed by atoms with Gasteiger partial charge in [-0.1, -0.05) is 47.6 Å². The molecule has 0 atom stereocenters. The van der Waals surface area contributed by atoms with Gasteiger partial charge in [-0.25, -0.2) is 4.79 Å². The number of hydrogen-bond donors (Lipinski definition) is 0. The molecule has 0 saturated carbocycles. The molecule has 5 rings (SSSR count). The van der Waals surface area contributed by atoms with E-state index in [1.165, 1.54) is 9.13 Å². The fraction of sp³-hybridized carbons (Fsp3) is 0.185. The van der Waals surface area contributed by atoms with Crippen LogP contribution in [0, 0.1) is 0 Å². The zero-order valence-electron chi connectivity index (χ0n) is 19.9. The first kappa shape index (κ1) is 23.1. The highest BCUT2D eigenvalue weighted by Gasteiger charge is 2.18. The van der Waals surface area contributed by atoms with Gasteiger partial charge in [-0.15, -0.1) is 0 Å². The Morgan fingerprint density at radius 2 is 1.67 bits per heavy atom. The van der Waals surface area contributed by atoms with Crippen molar-refractivity contribution in [3.8, 4) is 22.9 Å². The fourth-order valence-corrected chi connectivity index (χ4v) is 4.15. The van der Waals surface area contributed by atoms with Crippen LogP contribution in [0.1, 0.15) is 11.5 Å². The minimum Gasteiger partial charge on any atom is -0.497 e. The Kier molecular flexibility index (Phi) is 6.36. The standard InChI is InChI=1S/C27H24N4O5/c1-34-19-12-13-21(23(16-19)35-2)25-28-24(36-29-25)17-31-22-11-7-6-10-20(22)26(32)30(27(31)33)15-14-18-8-4-3-5-9-18/h3-13,16H,14-15,17H2,1-2H3. The molecule has 0 aliphatic carbocycles. The number of nitrogens with zero attached hydrogens (tertiary/aromatic N) is 4. The molecule has 0 bridgehead atoms. The predicted octanol–water partition coefficient (Wildman–Crippen LogP) is 3.52. The van der Waals surface area contributed by atoms with Gasteiger partial charge in [0.05, 0.1) is 30.7 Å². The zero-order valence-corrected chi connectivity index (χ0v) is 19.9. The van der Waals surface area contributed by atoms with Crippen molar-refractivity contribution in [1.29, 1.82) is 0 Å². The molecule has 3 aromatic carbocycles. The van der Waals surface area contributed by atoms with Crippen molar-refractivity contribution in [2.75, 3.05) is 14.2 Å². The van der Waals surface area contributed by atoms with Crippen molar-refractivity contribution < 1.29 is 14.0 Å². The second-order valence-electron chi connectivity index (χ2n) is 8.16. The third-order valence-corrected chi connectivity index (χ3v) is 6.01. The number of methoxy groups -OCH3 is 2. The highest BCUT2D eigenvalue weighted by Crippen LogP contribution is 2.31. The predicted molar refractivity (Wildman–Crippen MR) is 135 cm³/mol. The molecule has 0 saturated heterocycles. The SMILES string of the molecule is COc1ccc(-c2noc(Cn3c(=O)n(CCc4ccccc4)c(=O)c4ccccc43)n2)c(OC)c1. The number of hydrogen-bond acceptors (Lipinski definition) is 7. The number of aryl methyl sites for hydroxylation is 1. The van der Waals surface area contributed by atoms with Gasteiger partial charge >= 0.3 is 5.69 Å². The molecule has 9 nitrogen and oxygen atoms in total. The lowest BCUT2D eigenvalue weighted by Gasteiger charge is -2.13. The summed E-state index contributed by atoms with van der Waals surface area (Å²) in [7, 11) is 3.12. The molecule has 0 N–H and O–H groups in total. The Bertz CT molecular complexity index is 1640. The van der Waals surface area contributed by atoms with E-state index in [4.69, 9.17) is 14.0 Å². The number of aromatic nitrogens is 4. The largest absolute Gasteiger partial charge is 0.497 e. The highest BCUT2D eigenvalue weighted by molar-refractivity contribution is 5.77. The van der Waals surface area contributed by atoms with E-state index in [-0.39, 0.29) is 24.5 Å². The Morgan fingerprint density at radius 1 is 0.889 bits per heavy atom. The normalized spacial score (nSPS) is 11.1. The molecule has 0 amide bonds. The summed E-state index contributed by atoms with van der Waals surface area (Å²) in [5.41, 5.74) is 1.41. The molecule has 9 heteroatoms. The zero-order chi connectivity index (χ0) is 25.1.